The van der Waals surface area contributed by atoms with Crippen LogP contribution in [0.25, 0.3) is 17.0 Å². The highest BCUT2D eigenvalue weighted by Gasteiger charge is 2.41. The molecular formula is C26H24O8. The van der Waals surface area contributed by atoms with E-state index in [0.29, 0.717) is 29.1 Å². The summed E-state index contributed by atoms with van der Waals surface area (Å²) in [4.78, 5) is 35.2. The number of carbonyl (C=O) groups is 2. The molecule has 0 saturated carbocycles. The maximum Gasteiger partial charge on any atom is 0.336 e. The lowest BCUT2D eigenvalue weighted by Gasteiger charge is -2.40. The number of esters is 1. The summed E-state index contributed by atoms with van der Waals surface area (Å²) >= 11 is 0. The third kappa shape index (κ3) is 4.52. The van der Waals surface area contributed by atoms with Crippen LogP contribution in [0.3, 0.4) is 0 Å². The standard InChI is InChI=1S/C26H24O8/c1-14(27)32-20-7-5-15(10-23(20)31-4)9-18(25(29)30)19-12-17-11-16-6-8-24(28)33-21(16)13-22(17)34-26(19,2)3/h5-11,13,19H,12H2,1-4H3,(H,29,30)/b18-9+/t19-/m0/s1. The van der Waals surface area contributed by atoms with E-state index in [0.717, 1.165) is 10.9 Å². The molecule has 0 unspecified atom stereocenters. The third-order valence-electron chi connectivity index (χ3n) is 5.82. The van der Waals surface area contributed by atoms with E-state index in [9.17, 15) is 19.5 Å². The number of hydrogen-bond acceptors (Lipinski definition) is 7. The van der Waals surface area contributed by atoms with Gasteiger partial charge in [-0.2, -0.15) is 0 Å². The van der Waals surface area contributed by atoms with Crippen LogP contribution in [-0.2, 0) is 16.0 Å². The Morgan fingerprint density at radius 3 is 2.56 bits per heavy atom. The number of methoxy groups -OCH3 is 1. The summed E-state index contributed by atoms with van der Waals surface area (Å²) in [6.45, 7) is 4.94. The van der Waals surface area contributed by atoms with Crippen LogP contribution in [0.1, 0.15) is 31.9 Å². The van der Waals surface area contributed by atoms with Crippen molar-refractivity contribution < 1.29 is 33.3 Å². The van der Waals surface area contributed by atoms with Crippen molar-refractivity contribution in [2.24, 2.45) is 5.92 Å². The van der Waals surface area contributed by atoms with E-state index in [1.165, 1.54) is 20.1 Å². The van der Waals surface area contributed by atoms with Crippen LogP contribution in [0.15, 0.2) is 57.2 Å². The second kappa shape index (κ2) is 8.70. The number of fused-ring (bicyclic) bond motifs is 2. The molecule has 34 heavy (non-hydrogen) atoms. The van der Waals surface area contributed by atoms with Crippen LogP contribution in [0.5, 0.6) is 17.2 Å². The predicted octanol–water partition coefficient (Wildman–Crippen LogP) is 4.22. The van der Waals surface area contributed by atoms with E-state index in [1.807, 2.05) is 19.9 Å². The van der Waals surface area contributed by atoms with Gasteiger partial charge in [-0.25, -0.2) is 9.59 Å². The van der Waals surface area contributed by atoms with Crippen LogP contribution < -0.4 is 19.8 Å². The third-order valence-corrected chi connectivity index (χ3v) is 5.82. The molecule has 0 fully saturated rings. The second-order valence-corrected chi connectivity index (χ2v) is 8.62. The largest absolute Gasteiger partial charge is 0.493 e. The number of carboxylic acids is 1. The average molecular weight is 464 g/mol. The highest BCUT2D eigenvalue weighted by atomic mass is 16.6. The van der Waals surface area contributed by atoms with Gasteiger partial charge in [-0.15, -0.1) is 0 Å². The predicted molar refractivity (Wildman–Crippen MR) is 124 cm³/mol. The molecule has 1 aliphatic heterocycles. The smallest absolute Gasteiger partial charge is 0.336 e. The van der Waals surface area contributed by atoms with Crippen molar-refractivity contribution in [2.75, 3.05) is 7.11 Å². The topological polar surface area (TPSA) is 112 Å². The molecule has 8 nitrogen and oxygen atoms in total. The molecule has 0 bridgehead atoms. The monoisotopic (exact) mass is 464 g/mol. The Balaban J connectivity index is 1.75. The lowest BCUT2D eigenvalue weighted by atomic mass is 9.77. The Morgan fingerprint density at radius 1 is 1.12 bits per heavy atom. The Kier molecular flexibility index (Phi) is 5.91. The number of hydrogen-bond donors (Lipinski definition) is 1. The number of aliphatic carboxylic acids is 1. The molecule has 1 atom stereocenters. The van der Waals surface area contributed by atoms with Crippen molar-refractivity contribution in [3.8, 4) is 17.2 Å². The highest BCUT2D eigenvalue weighted by molar-refractivity contribution is 5.93. The van der Waals surface area contributed by atoms with E-state index >= 15 is 0 Å². The summed E-state index contributed by atoms with van der Waals surface area (Å²) < 4.78 is 21.9. The van der Waals surface area contributed by atoms with Crippen LogP contribution >= 0.6 is 0 Å². The quantitative estimate of drug-likeness (QED) is 0.258. The fraction of sp³-hybridized carbons (Fsp3) is 0.269. The Labute approximate surface area is 195 Å². The first kappa shape index (κ1) is 23.1. The van der Waals surface area contributed by atoms with Crippen LogP contribution in [-0.4, -0.2) is 29.8 Å². The van der Waals surface area contributed by atoms with Gasteiger partial charge in [0.15, 0.2) is 11.5 Å². The van der Waals surface area contributed by atoms with E-state index in [1.54, 1.807) is 36.4 Å². The molecule has 0 saturated heterocycles. The van der Waals surface area contributed by atoms with Crippen molar-refractivity contribution in [2.45, 2.75) is 32.8 Å². The zero-order valence-corrected chi connectivity index (χ0v) is 19.2. The maximum atomic E-state index is 12.3. The lowest BCUT2D eigenvalue weighted by molar-refractivity contribution is -0.134. The zero-order chi connectivity index (χ0) is 24.6. The van der Waals surface area contributed by atoms with Gasteiger partial charge in [-0.1, -0.05) is 6.07 Å². The average Bonchev–Trinajstić information content (AvgIpc) is 2.75. The van der Waals surface area contributed by atoms with Gasteiger partial charge in [-0.05, 0) is 61.7 Å². The van der Waals surface area contributed by atoms with Crippen molar-refractivity contribution in [1.29, 1.82) is 0 Å². The SMILES string of the molecule is COc1cc(/C=C(/C(=O)O)[C@@H]2Cc3cc4ccc(=O)oc4cc3OC2(C)C)ccc1OC(C)=O. The summed E-state index contributed by atoms with van der Waals surface area (Å²) in [6.07, 6.45) is 1.99. The summed E-state index contributed by atoms with van der Waals surface area (Å²) in [5.41, 5.74) is 0.660. The molecule has 4 rings (SSSR count). The fourth-order valence-corrected chi connectivity index (χ4v) is 4.21. The molecule has 0 amide bonds. The lowest BCUT2D eigenvalue weighted by Crippen LogP contribution is -2.44. The van der Waals surface area contributed by atoms with Crippen molar-refractivity contribution in [3.05, 3.63) is 69.6 Å². The molecule has 0 aliphatic carbocycles. The summed E-state index contributed by atoms with van der Waals surface area (Å²) in [6, 6.07) is 11.4. The van der Waals surface area contributed by atoms with Gasteiger partial charge < -0.3 is 23.7 Å². The Morgan fingerprint density at radius 2 is 1.88 bits per heavy atom. The molecule has 176 valence electrons. The number of carboxylic acid groups (broad SMARTS) is 1. The fourth-order valence-electron chi connectivity index (χ4n) is 4.21. The van der Waals surface area contributed by atoms with Gasteiger partial charge in [0.2, 0.25) is 0 Å². The minimum absolute atomic E-state index is 0.164. The van der Waals surface area contributed by atoms with Gasteiger partial charge in [-0.3, -0.25) is 4.79 Å². The first-order valence-corrected chi connectivity index (χ1v) is 10.6. The molecular weight excluding hydrogens is 440 g/mol. The van der Waals surface area contributed by atoms with Gasteiger partial charge in [0.1, 0.15) is 16.9 Å². The van der Waals surface area contributed by atoms with E-state index in [-0.39, 0.29) is 11.3 Å². The van der Waals surface area contributed by atoms with Crippen LogP contribution in [0.2, 0.25) is 0 Å². The summed E-state index contributed by atoms with van der Waals surface area (Å²) in [5, 5.41) is 10.8. The minimum Gasteiger partial charge on any atom is -0.493 e. The highest BCUT2D eigenvalue weighted by Crippen LogP contribution is 2.42. The van der Waals surface area contributed by atoms with Crippen molar-refractivity contribution in [3.63, 3.8) is 0 Å². The van der Waals surface area contributed by atoms with Crippen molar-refractivity contribution in [1.82, 2.24) is 0 Å². The maximum absolute atomic E-state index is 12.3. The first-order chi connectivity index (χ1) is 16.1. The zero-order valence-electron chi connectivity index (χ0n) is 19.2. The molecule has 8 heteroatoms. The molecule has 0 spiro atoms. The summed E-state index contributed by atoms with van der Waals surface area (Å²) in [7, 11) is 1.44. The molecule has 2 aromatic carbocycles. The molecule has 0 radical (unpaired) electrons. The van der Waals surface area contributed by atoms with Crippen LogP contribution in [0, 0.1) is 5.92 Å². The molecule has 1 N–H and O–H groups in total. The normalized spacial score (nSPS) is 16.9. The van der Waals surface area contributed by atoms with Crippen LogP contribution in [0.4, 0.5) is 0 Å². The van der Waals surface area contributed by atoms with E-state index < -0.39 is 29.1 Å². The van der Waals surface area contributed by atoms with Gasteiger partial charge >= 0.3 is 17.6 Å². The molecule has 1 aromatic heterocycles. The van der Waals surface area contributed by atoms with Gasteiger partial charge in [0.05, 0.1) is 7.11 Å². The number of carbonyl (C=O) groups excluding carboxylic acids is 1. The van der Waals surface area contributed by atoms with E-state index in [2.05, 4.69) is 0 Å². The number of rotatable bonds is 5. The summed E-state index contributed by atoms with van der Waals surface area (Å²) in [5.74, 6) is -0.923. The Hall–Kier alpha value is -4.07. The molecule has 3 aromatic rings. The molecule has 2 heterocycles. The second-order valence-electron chi connectivity index (χ2n) is 8.62. The molecule has 1 aliphatic rings. The van der Waals surface area contributed by atoms with E-state index in [4.69, 9.17) is 18.6 Å². The minimum atomic E-state index is -1.07. The van der Waals surface area contributed by atoms with Gasteiger partial charge in [0, 0.05) is 35.9 Å². The van der Waals surface area contributed by atoms with Gasteiger partial charge in [0.25, 0.3) is 0 Å². The number of ether oxygens (including phenoxy) is 3. The Bertz CT molecular complexity index is 1380. The van der Waals surface area contributed by atoms with Crippen molar-refractivity contribution >= 4 is 29.0 Å². The number of benzene rings is 2. The first-order valence-electron chi connectivity index (χ1n) is 10.6.